The molecule has 19 heteroatoms. The van der Waals surface area contributed by atoms with Crippen LogP contribution in [0.5, 0.6) is 0 Å². The van der Waals surface area contributed by atoms with Gasteiger partial charge in [0.1, 0.15) is 19.3 Å². The number of aliphatic hydroxyl groups is 1. The third-order valence-corrected chi connectivity index (χ3v) is 20.3. The summed E-state index contributed by atoms with van der Waals surface area (Å²) in [5, 5.41) is 10.6. The van der Waals surface area contributed by atoms with E-state index in [1.165, 1.54) is 218 Å². The average Bonchev–Trinajstić information content (AvgIpc) is 0.975. The van der Waals surface area contributed by atoms with Crippen molar-refractivity contribution in [1.82, 2.24) is 0 Å². The van der Waals surface area contributed by atoms with E-state index in [-0.39, 0.29) is 25.7 Å². The summed E-state index contributed by atoms with van der Waals surface area (Å²) in [4.78, 5) is 73.0. The van der Waals surface area contributed by atoms with E-state index in [1.54, 1.807) is 0 Å². The van der Waals surface area contributed by atoms with Crippen LogP contribution in [0.2, 0.25) is 0 Å². The minimum absolute atomic E-state index is 0.107. The SMILES string of the molecule is CCCCCCCCCCCCCCC(=O)OC[C@H](COP(=O)(O)OC[C@H](O)COP(=O)(O)OC[C@@H](COC(=O)CCCCCCCCCCCCCCCC(C)C)OC(=O)CCCCCCCCCCCCCCCC(C)C)OC(=O)CCCCCCCCCCCCCC(C)C. The van der Waals surface area contributed by atoms with Gasteiger partial charge < -0.3 is 33.8 Å². The maximum absolute atomic E-state index is 13.1. The Balaban J connectivity index is 5.27. The van der Waals surface area contributed by atoms with Gasteiger partial charge in [-0.15, -0.1) is 0 Å². The van der Waals surface area contributed by atoms with E-state index in [4.69, 9.17) is 37.0 Å². The molecular formula is C79H154O17P2. The molecule has 0 aliphatic carbocycles. The fraction of sp³-hybridized carbons (Fsp3) is 0.949. The summed E-state index contributed by atoms with van der Waals surface area (Å²) in [6, 6.07) is 0. The predicted molar refractivity (Wildman–Crippen MR) is 400 cm³/mol. The number of carbonyl (C=O) groups excluding carboxylic acids is 4. The van der Waals surface area contributed by atoms with Crippen LogP contribution < -0.4 is 0 Å². The lowest BCUT2D eigenvalue weighted by Crippen LogP contribution is -2.30. The van der Waals surface area contributed by atoms with Gasteiger partial charge >= 0.3 is 39.5 Å². The normalized spacial score (nSPS) is 14.0. The number of unbranched alkanes of at least 4 members (excludes halogenated alkanes) is 45. The van der Waals surface area contributed by atoms with Crippen LogP contribution in [0, 0.1) is 17.8 Å². The van der Waals surface area contributed by atoms with Crippen molar-refractivity contribution in [2.45, 2.75) is 426 Å². The first kappa shape index (κ1) is 96.1. The second kappa shape index (κ2) is 69.4. The smallest absolute Gasteiger partial charge is 0.462 e. The van der Waals surface area contributed by atoms with Gasteiger partial charge in [-0.05, 0) is 43.4 Å². The van der Waals surface area contributed by atoms with Crippen LogP contribution in [0.4, 0.5) is 0 Å². The first-order chi connectivity index (χ1) is 47.2. The predicted octanol–water partition coefficient (Wildman–Crippen LogP) is 23.4. The minimum atomic E-state index is -4.96. The molecule has 0 rings (SSSR count). The molecule has 3 N–H and O–H groups in total. The summed E-state index contributed by atoms with van der Waals surface area (Å²) in [5.41, 5.74) is 0. The van der Waals surface area contributed by atoms with Crippen molar-refractivity contribution >= 4 is 39.5 Å². The zero-order valence-corrected chi connectivity index (χ0v) is 66.0. The average molecular weight is 1440 g/mol. The Kier molecular flexibility index (Phi) is 68.1. The molecular weight excluding hydrogens is 1280 g/mol. The molecule has 582 valence electrons. The molecule has 0 amide bonds. The van der Waals surface area contributed by atoms with E-state index in [1.807, 2.05) is 0 Å². The highest BCUT2D eigenvalue weighted by atomic mass is 31.2. The van der Waals surface area contributed by atoms with Crippen molar-refractivity contribution in [3.05, 3.63) is 0 Å². The van der Waals surface area contributed by atoms with Crippen LogP contribution in [0.15, 0.2) is 0 Å². The summed E-state index contributed by atoms with van der Waals surface area (Å²) in [6.07, 6.45) is 56.7. The van der Waals surface area contributed by atoms with E-state index in [2.05, 4.69) is 48.5 Å². The van der Waals surface area contributed by atoms with E-state index in [0.717, 1.165) is 108 Å². The highest BCUT2D eigenvalue weighted by molar-refractivity contribution is 7.47. The zero-order chi connectivity index (χ0) is 72.3. The van der Waals surface area contributed by atoms with Crippen LogP contribution in [0.1, 0.15) is 408 Å². The first-order valence-electron chi connectivity index (χ1n) is 40.8. The van der Waals surface area contributed by atoms with Gasteiger partial charge in [-0.2, -0.15) is 0 Å². The van der Waals surface area contributed by atoms with E-state index in [0.29, 0.717) is 25.7 Å². The molecule has 0 saturated carbocycles. The molecule has 2 unspecified atom stereocenters. The van der Waals surface area contributed by atoms with Crippen molar-refractivity contribution in [2.24, 2.45) is 17.8 Å². The molecule has 5 atom stereocenters. The molecule has 17 nitrogen and oxygen atoms in total. The molecule has 0 heterocycles. The maximum Gasteiger partial charge on any atom is 0.472 e. The van der Waals surface area contributed by atoms with Crippen molar-refractivity contribution in [3.8, 4) is 0 Å². The number of rotatable bonds is 77. The van der Waals surface area contributed by atoms with Crippen molar-refractivity contribution in [2.75, 3.05) is 39.6 Å². The highest BCUT2D eigenvalue weighted by Gasteiger charge is 2.30. The Morgan fingerprint density at radius 3 is 0.694 bits per heavy atom. The molecule has 0 aliphatic heterocycles. The molecule has 98 heavy (non-hydrogen) atoms. The number of ether oxygens (including phenoxy) is 4. The molecule has 0 fully saturated rings. The van der Waals surface area contributed by atoms with Crippen LogP contribution in [0.25, 0.3) is 0 Å². The summed E-state index contributed by atoms with van der Waals surface area (Å²) < 4.78 is 68.7. The summed E-state index contributed by atoms with van der Waals surface area (Å²) in [5.74, 6) is 0.232. The highest BCUT2D eigenvalue weighted by Crippen LogP contribution is 2.45. The molecule has 0 aromatic heterocycles. The van der Waals surface area contributed by atoms with Crippen LogP contribution in [-0.4, -0.2) is 96.7 Å². The fourth-order valence-corrected chi connectivity index (χ4v) is 13.7. The van der Waals surface area contributed by atoms with E-state index < -0.39 is 97.5 Å². The third-order valence-electron chi connectivity index (χ3n) is 18.4. The van der Waals surface area contributed by atoms with Crippen molar-refractivity contribution in [3.63, 3.8) is 0 Å². The van der Waals surface area contributed by atoms with Crippen LogP contribution in [0.3, 0.4) is 0 Å². The molecule has 0 aromatic carbocycles. The van der Waals surface area contributed by atoms with Gasteiger partial charge in [0.15, 0.2) is 12.2 Å². The lowest BCUT2D eigenvalue weighted by molar-refractivity contribution is -0.161. The monoisotopic (exact) mass is 1440 g/mol. The topological polar surface area (TPSA) is 237 Å². The van der Waals surface area contributed by atoms with Gasteiger partial charge in [0.2, 0.25) is 0 Å². The van der Waals surface area contributed by atoms with E-state index in [9.17, 15) is 43.2 Å². The number of phosphoric acid groups is 2. The third kappa shape index (κ3) is 72.4. The van der Waals surface area contributed by atoms with Crippen LogP contribution in [-0.2, 0) is 65.4 Å². The van der Waals surface area contributed by atoms with Gasteiger partial charge in [0.25, 0.3) is 0 Å². The summed E-state index contributed by atoms with van der Waals surface area (Å²) in [7, 11) is -9.92. The van der Waals surface area contributed by atoms with Gasteiger partial charge in [-0.3, -0.25) is 37.3 Å². The van der Waals surface area contributed by atoms with Crippen molar-refractivity contribution in [1.29, 1.82) is 0 Å². The quantitative estimate of drug-likeness (QED) is 0.0222. The molecule has 0 aromatic rings. The van der Waals surface area contributed by atoms with Gasteiger partial charge in [-0.25, -0.2) is 9.13 Å². The molecule has 0 spiro atoms. The Morgan fingerprint density at radius 1 is 0.276 bits per heavy atom. The lowest BCUT2D eigenvalue weighted by atomic mass is 10.0. The number of carbonyl (C=O) groups is 4. The van der Waals surface area contributed by atoms with Gasteiger partial charge in [-0.1, -0.05) is 357 Å². The van der Waals surface area contributed by atoms with E-state index >= 15 is 0 Å². The van der Waals surface area contributed by atoms with Gasteiger partial charge in [0.05, 0.1) is 26.4 Å². The number of hydrogen-bond acceptors (Lipinski definition) is 15. The summed E-state index contributed by atoms with van der Waals surface area (Å²) in [6.45, 7) is 12.0. The lowest BCUT2D eigenvalue weighted by Gasteiger charge is -2.21. The number of phosphoric ester groups is 2. The zero-order valence-electron chi connectivity index (χ0n) is 64.3. The standard InChI is InChI=1S/C79H154O17P2/c1-8-9-10-11-12-13-14-25-32-39-46-53-60-76(81)89-66-75(96-79(84)63-56-49-42-35-28-21-24-31-38-45-52-59-72(6)7)69-94-98(87,88)92-65-73(80)64-91-97(85,86)93-68-74(95-78(83)62-55-48-41-34-27-20-16-18-23-30-37-44-51-58-71(4)5)67-90-77(82)61-54-47-40-33-26-19-15-17-22-29-36-43-50-57-70(2)3/h70-75,80H,8-69H2,1-7H3,(H,85,86)(H,87,88)/t73-,74-,75-/m1/s1. The number of aliphatic hydroxyl groups excluding tert-OH is 1. The minimum Gasteiger partial charge on any atom is -0.462 e. The Morgan fingerprint density at radius 2 is 0.469 bits per heavy atom. The summed E-state index contributed by atoms with van der Waals surface area (Å²) >= 11 is 0. The second-order valence-electron chi connectivity index (χ2n) is 29.9. The molecule has 0 radical (unpaired) electrons. The number of hydrogen-bond donors (Lipinski definition) is 3. The Labute approximate surface area is 600 Å². The Bertz CT molecular complexity index is 1900. The molecule has 0 aliphatic rings. The number of esters is 4. The first-order valence-corrected chi connectivity index (χ1v) is 43.8. The largest absolute Gasteiger partial charge is 0.472 e. The Hall–Kier alpha value is -1.94. The molecule has 0 saturated heterocycles. The fourth-order valence-electron chi connectivity index (χ4n) is 12.1. The van der Waals surface area contributed by atoms with Crippen LogP contribution >= 0.6 is 15.6 Å². The van der Waals surface area contributed by atoms with Gasteiger partial charge in [0, 0.05) is 25.7 Å². The molecule has 0 bridgehead atoms. The second-order valence-corrected chi connectivity index (χ2v) is 32.8. The van der Waals surface area contributed by atoms with Crippen molar-refractivity contribution < 1.29 is 80.2 Å². The maximum atomic E-state index is 13.1.